The summed E-state index contributed by atoms with van der Waals surface area (Å²) in [4.78, 5) is 0.00254. The van der Waals surface area contributed by atoms with Crippen LogP contribution in [0.4, 0.5) is 4.39 Å². The molecule has 2 N–H and O–H groups in total. The minimum Gasteiger partial charge on any atom is -0.329 e. The fraction of sp³-hybridized carbons (Fsp3) is 0.600. The number of likely N-dealkylation sites (N-methyl/N-ethyl adjacent to an activating group) is 1. The van der Waals surface area contributed by atoms with E-state index in [1.807, 2.05) is 6.92 Å². The third kappa shape index (κ3) is 3.12. The molecule has 0 atom stereocenters. The Morgan fingerprint density at radius 1 is 1.29 bits per heavy atom. The number of hydrogen-bond donors (Lipinski definition) is 1. The average molecular weight is 314 g/mol. The zero-order valence-corrected chi connectivity index (χ0v) is 13.2. The van der Waals surface area contributed by atoms with Crippen LogP contribution < -0.4 is 5.73 Å². The predicted octanol–water partition coefficient (Wildman–Crippen LogP) is 2.50. The van der Waals surface area contributed by atoms with Gasteiger partial charge >= 0.3 is 0 Å². The van der Waals surface area contributed by atoms with Crippen LogP contribution >= 0.6 is 0 Å². The molecule has 1 fully saturated rings. The van der Waals surface area contributed by atoms with Crippen LogP contribution in [0.2, 0.25) is 0 Å². The van der Waals surface area contributed by atoms with Crippen molar-refractivity contribution in [1.29, 1.82) is 0 Å². The van der Waals surface area contributed by atoms with Crippen molar-refractivity contribution in [3.63, 3.8) is 0 Å². The summed E-state index contributed by atoms with van der Waals surface area (Å²) in [6.07, 6.45) is 4.61. The van der Waals surface area contributed by atoms with E-state index in [4.69, 9.17) is 5.73 Å². The Bertz CT molecular complexity index is 583. The van der Waals surface area contributed by atoms with Crippen LogP contribution in [0.5, 0.6) is 0 Å². The first-order valence-corrected chi connectivity index (χ1v) is 8.89. The summed E-state index contributed by atoms with van der Waals surface area (Å²) in [6, 6.07) is 5.18. The van der Waals surface area contributed by atoms with Crippen molar-refractivity contribution in [3.05, 3.63) is 30.1 Å². The third-order valence-corrected chi connectivity index (χ3v) is 6.44. The summed E-state index contributed by atoms with van der Waals surface area (Å²) in [5.74, 6) is -0.544. The molecule has 6 heteroatoms. The van der Waals surface area contributed by atoms with Gasteiger partial charge in [-0.25, -0.2) is 12.8 Å². The molecule has 1 saturated carbocycles. The number of nitrogens with two attached hydrogens (primary N) is 1. The molecule has 0 aromatic heterocycles. The second kappa shape index (κ2) is 6.42. The van der Waals surface area contributed by atoms with E-state index in [0.717, 1.165) is 38.2 Å². The second-order valence-corrected chi connectivity index (χ2v) is 7.48. The Hall–Kier alpha value is -0.980. The number of benzene rings is 1. The minimum absolute atomic E-state index is 0.00254. The number of sulfonamides is 1. The summed E-state index contributed by atoms with van der Waals surface area (Å²) in [5.41, 5.74) is 5.41. The number of rotatable bonds is 5. The fourth-order valence-corrected chi connectivity index (χ4v) is 5.15. The highest BCUT2D eigenvalue weighted by molar-refractivity contribution is 7.89. The SMILES string of the molecule is CCN(C1(CN)CCCCC1)S(=O)(=O)c1cccc(F)c1. The molecule has 118 valence electrons. The lowest BCUT2D eigenvalue weighted by Crippen LogP contribution is -2.57. The first-order valence-electron chi connectivity index (χ1n) is 7.45. The molecule has 4 nitrogen and oxygen atoms in total. The third-order valence-electron chi connectivity index (χ3n) is 4.36. The van der Waals surface area contributed by atoms with Gasteiger partial charge in [-0.15, -0.1) is 0 Å². The summed E-state index contributed by atoms with van der Waals surface area (Å²) < 4.78 is 40.6. The smallest absolute Gasteiger partial charge is 0.243 e. The molecule has 0 radical (unpaired) electrons. The van der Waals surface area contributed by atoms with Crippen LogP contribution in [0.1, 0.15) is 39.0 Å². The van der Waals surface area contributed by atoms with E-state index >= 15 is 0 Å². The van der Waals surface area contributed by atoms with Gasteiger partial charge in [0.05, 0.1) is 4.90 Å². The van der Waals surface area contributed by atoms with Crippen LogP contribution in [0.3, 0.4) is 0 Å². The van der Waals surface area contributed by atoms with Crippen LogP contribution in [0.15, 0.2) is 29.2 Å². The summed E-state index contributed by atoms with van der Waals surface area (Å²) in [5, 5.41) is 0. The standard InChI is InChI=1S/C15H23FN2O2S/c1-2-18(15(12-17)9-4-3-5-10-15)21(19,20)14-8-6-7-13(16)11-14/h6-8,11H,2-5,9-10,12,17H2,1H3. The van der Waals surface area contributed by atoms with E-state index in [2.05, 4.69) is 0 Å². The maximum absolute atomic E-state index is 13.4. The van der Waals surface area contributed by atoms with Gasteiger partial charge in [0.15, 0.2) is 0 Å². The highest BCUT2D eigenvalue weighted by atomic mass is 32.2. The quantitative estimate of drug-likeness (QED) is 0.908. The van der Waals surface area contributed by atoms with E-state index in [1.54, 1.807) is 0 Å². The van der Waals surface area contributed by atoms with Gasteiger partial charge in [-0.1, -0.05) is 32.3 Å². The van der Waals surface area contributed by atoms with Crippen molar-refractivity contribution in [2.24, 2.45) is 5.73 Å². The van der Waals surface area contributed by atoms with Gasteiger partial charge in [0.25, 0.3) is 0 Å². The van der Waals surface area contributed by atoms with Crippen molar-refractivity contribution >= 4 is 10.0 Å². The molecule has 1 aromatic rings. The van der Waals surface area contributed by atoms with E-state index < -0.39 is 21.4 Å². The molecule has 0 amide bonds. The number of hydrogen-bond acceptors (Lipinski definition) is 3. The van der Waals surface area contributed by atoms with Crippen LogP contribution in [-0.4, -0.2) is 31.4 Å². The Balaban J connectivity index is 2.43. The first-order chi connectivity index (χ1) is 9.96. The summed E-state index contributed by atoms with van der Waals surface area (Å²) in [6.45, 7) is 2.45. The van der Waals surface area contributed by atoms with Gasteiger partial charge in [-0.3, -0.25) is 0 Å². The predicted molar refractivity (Wildman–Crippen MR) is 80.8 cm³/mol. The molecule has 2 rings (SSSR count). The number of nitrogens with zero attached hydrogens (tertiary/aromatic N) is 1. The van der Waals surface area contributed by atoms with Crippen LogP contribution in [0.25, 0.3) is 0 Å². The topological polar surface area (TPSA) is 63.4 Å². The lowest BCUT2D eigenvalue weighted by atomic mass is 9.81. The van der Waals surface area contributed by atoms with Crippen molar-refractivity contribution in [1.82, 2.24) is 4.31 Å². The zero-order chi connectivity index (χ0) is 15.5. The molecule has 0 heterocycles. The van der Waals surface area contributed by atoms with Crippen molar-refractivity contribution in [3.8, 4) is 0 Å². The van der Waals surface area contributed by atoms with E-state index in [1.165, 1.54) is 22.5 Å². The Labute approximate surface area is 126 Å². The molecule has 21 heavy (non-hydrogen) atoms. The van der Waals surface area contributed by atoms with Gasteiger partial charge in [-0.2, -0.15) is 4.31 Å². The largest absolute Gasteiger partial charge is 0.329 e. The zero-order valence-electron chi connectivity index (χ0n) is 12.4. The Morgan fingerprint density at radius 3 is 2.48 bits per heavy atom. The highest BCUT2D eigenvalue weighted by Crippen LogP contribution is 2.36. The van der Waals surface area contributed by atoms with Crippen molar-refractivity contribution < 1.29 is 12.8 Å². The van der Waals surface area contributed by atoms with E-state index in [9.17, 15) is 12.8 Å². The van der Waals surface area contributed by atoms with Crippen LogP contribution in [0, 0.1) is 5.82 Å². The summed E-state index contributed by atoms with van der Waals surface area (Å²) in [7, 11) is -3.73. The lowest BCUT2D eigenvalue weighted by molar-refractivity contribution is 0.141. The molecule has 0 unspecified atom stereocenters. The van der Waals surface area contributed by atoms with Gasteiger partial charge < -0.3 is 5.73 Å². The molecule has 0 bridgehead atoms. The maximum atomic E-state index is 13.4. The van der Waals surface area contributed by atoms with E-state index in [0.29, 0.717) is 13.1 Å². The monoisotopic (exact) mass is 314 g/mol. The second-order valence-electron chi connectivity index (χ2n) is 5.62. The first kappa shape index (κ1) is 16.4. The molecule has 1 aliphatic carbocycles. The lowest BCUT2D eigenvalue weighted by Gasteiger charge is -2.44. The number of halogens is 1. The van der Waals surface area contributed by atoms with Gasteiger partial charge in [-0.05, 0) is 31.0 Å². The van der Waals surface area contributed by atoms with Crippen molar-refractivity contribution in [2.75, 3.05) is 13.1 Å². The minimum atomic E-state index is -3.73. The normalized spacial score (nSPS) is 18.9. The molecule has 0 aliphatic heterocycles. The average Bonchev–Trinajstić information content (AvgIpc) is 2.48. The van der Waals surface area contributed by atoms with Crippen molar-refractivity contribution in [2.45, 2.75) is 49.5 Å². The van der Waals surface area contributed by atoms with Gasteiger partial charge in [0.1, 0.15) is 5.82 Å². The molecule has 0 spiro atoms. The maximum Gasteiger partial charge on any atom is 0.243 e. The van der Waals surface area contributed by atoms with Gasteiger partial charge in [0, 0.05) is 18.6 Å². The molecular weight excluding hydrogens is 291 g/mol. The Kier molecular flexibility index (Phi) is 5.01. The molecule has 0 saturated heterocycles. The Morgan fingerprint density at radius 2 is 1.95 bits per heavy atom. The molecule has 1 aliphatic rings. The van der Waals surface area contributed by atoms with Crippen LogP contribution in [-0.2, 0) is 10.0 Å². The molecule has 1 aromatic carbocycles. The highest BCUT2D eigenvalue weighted by Gasteiger charge is 2.42. The fourth-order valence-electron chi connectivity index (χ4n) is 3.28. The summed E-state index contributed by atoms with van der Waals surface area (Å²) >= 11 is 0. The van der Waals surface area contributed by atoms with Gasteiger partial charge in [0.2, 0.25) is 10.0 Å². The van der Waals surface area contributed by atoms with E-state index in [-0.39, 0.29) is 4.90 Å². The molecular formula is C15H23FN2O2S.